The molecule has 0 bridgehead atoms. The topological polar surface area (TPSA) is 66.4 Å². The van der Waals surface area contributed by atoms with E-state index in [0.717, 1.165) is 6.42 Å². The summed E-state index contributed by atoms with van der Waals surface area (Å²) < 4.78 is 38.0. The average Bonchev–Trinajstić information content (AvgIpc) is 2.16. The molecule has 0 spiro atoms. The van der Waals surface area contributed by atoms with Crippen LogP contribution in [0, 0.1) is 5.92 Å². The minimum Gasteiger partial charge on any atom is -0.744 e. The molecule has 90 valence electrons. The predicted octanol–water partition coefficient (Wildman–Crippen LogP) is -0.980. The summed E-state index contributed by atoms with van der Waals surface area (Å²) in [5.41, 5.74) is 0. The van der Waals surface area contributed by atoms with E-state index in [9.17, 15) is 13.0 Å². The van der Waals surface area contributed by atoms with E-state index in [2.05, 4.69) is 0 Å². The van der Waals surface area contributed by atoms with Gasteiger partial charge in [0.05, 0.1) is 11.5 Å². The Hall–Kier alpha value is -0.0700. The van der Waals surface area contributed by atoms with E-state index in [1.807, 2.05) is 13.8 Å². The van der Waals surface area contributed by atoms with Gasteiger partial charge in [0.15, 0.2) is 0 Å². The van der Waals surface area contributed by atoms with Crippen LogP contribution in [0.25, 0.3) is 0 Å². The maximum Gasteiger partial charge on any atom is 1.00 e. The Kier molecular flexibility index (Phi) is 7.35. The molecule has 4 nitrogen and oxygen atoms in total. The summed E-state index contributed by atoms with van der Waals surface area (Å²) in [5, 5.41) is 0. The van der Waals surface area contributed by atoms with Crippen LogP contribution in [0.4, 0.5) is 0 Å². The summed E-state index contributed by atoms with van der Waals surface area (Å²) in [6, 6.07) is 5.89. The smallest absolute Gasteiger partial charge is 0.744 e. The van der Waals surface area contributed by atoms with Crippen LogP contribution in [0.3, 0.4) is 0 Å². The normalized spacial score (nSPS) is 11.1. The zero-order valence-electron chi connectivity index (χ0n) is 10.3. The van der Waals surface area contributed by atoms with Gasteiger partial charge in [-0.25, -0.2) is 8.42 Å². The molecule has 0 fully saturated rings. The molecule has 0 aliphatic carbocycles. The Bertz CT molecular complexity index is 443. The average molecular weight is 266 g/mol. The largest absolute Gasteiger partial charge is 1.00 e. The molecular formula is C11H15NaO4S. The molecule has 0 amide bonds. The first-order chi connectivity index (χ1) is 7.41. The van der Waals surface area contributed by atoms with Gasteiger partial charge < -0.3 is 9.29 Å². The summed E-state index contributed by atoms with van der Waals surface area (Å²) in [6.07, 6.45) is 0.813. The number of rotatable bonds is 5. The molecule has 6 heteroatoms. The second kappa shape index (κ2) is 7.38. The molecule has 0 aliphatic heterocycles. The van der Waals surface area contributed by atoms with Gasteiger partial charge in [-0.2, -0.15) is 0 Å². The minimum absolute atomic E-state index is 0. The van der Waals surface area contributed by atoms with Crippen molar-refractivity contribution in [2.45, 2.75) is 25.2 Å². The zero-order chi connectivity index (χ0) is 12.2. The molecule has 0 unspecified atom stereocenters. The molecule has 1 aromatic rings. The fraction of sp³-hybridized carbons (Fsp3) is 0.455. The van der Waals surface area contributed by atoms with Crippen molar-refractivity contribution in [2.24, 2.45) is 5.92 Å². The van der Waals surface area contributed by atoms with Gasteiger partial charge in [-0.3, -0.25) is 0 Å². The molecule has 1 aromatic carbocycles. The van der Waals surface area contributed by atoms with Gasteiger partial charge in [-0.05, 0) is 24.5 Å². The number of ether oxygens (including phenoxy) is 1. The van der Waals surface area contributed by atoms with Crippen LogP contribution in [-0.2, 0) is 10.1 Å². The van der Waals surface area contributed by atoms with Gasteiger partial charge in [0.25, 0.3) is 0 Å². The third-order valence-electron chi connectivity index (χ3n) is 2.07. The molecule has 0 N–H and O–H groups in total. The van der Waals surface area contributed by atoms with Crippen LogP contribution in [0.5, 0.6) is 5.75 Å². The van der Waals surface area contributed by atoms with E-state index >= 15 is 0 Å². The van der Waals surface area contributed by atoms with Crippen molar-refractivity contribution in [1.82, 2.24) is 0 Å². The molecule has 0 heterocycles. The van der Waals surface area contributed by atoms with E-state index in [1.54, 1.807) is 6.07 Å². The molecule has 0 radical (unpaired) electrons. The quantitative estimate of drug-likeness (QED) is 0.507. The predicted molar refractivity (Wildman–Crippen MR) is 59.4 cm³/mol. The number of hydrogen-bond acceptors (Lipinski definition) is 4. The molecule has 17 heavy (non-hydrogen) atoms. The third kappa shape index (κ3) is 5.88. The van der Waals surface area contributed by atoms with Gasteiger partial charge >= 0.3 is 29.6 Å². The van der Waals surface area contributed by atoms with Crippen LogP contribution in [-0.4, -0.2) is 19.6 Å². The maximum atomic E-state index is 10.9. The van der Waals surface area contributed by atoms with Crippen LogP contribution in [0.2, 0.25) is 0 Å². The Morgan fingerprint density at radius 1 is 1.29 bits per heavy atom. The van der Waals surface area contributed by atoms with Gasteiger partial charge in [-0.1, -0.05) is 26.0 Å². The summed E-state index contributed by atoms with van der Waals surface area (Å²) in [4.78, 5) is -0.293. The SMILES string of the molecule is CC(C)CCOc1ccccc1S(=O)(=O)[O-].[Na+]. The summed E-state index contributed by atoms with van der Waals surface area (Å²) in [7, 11) is -4.46. The monoisotopic (exact) mass is 266 g/mol. The Balaban J connectivity index is 0.00000256. The fourth-order valence-electron chi connectivity index (χ4n) is 1.18. The van der Waals surface area contributed by atoms with E-state index in [1.165, 1.54) is 18.2 Å². The summed E-state index contributed by atoms with van der Waals surface area (Å²) in [6.45, 7) is 4.49. The standard InChI is InChI=1S/C11H16O4S.Na/c1-9(2)7-8-15-10-5-3-4-6-11(10)16(12,13)14;/h3-6,9H,7-8H2,1-2H3,(H,12,13,14);/q;+1/p-1. The fourth-order valence-corrected chi connectivity index (χ4v) is 1.80. The van der Waals surface area contributed by atoms with Crippen molar-refractivity contribution in [1.29, 1.82) is 0 Å². The molecule has 1 rings (SSSR count). The van der Waals surface area contributed by atoms with E-state index in [4.69, 9.17) is 4.74 Å². The summed E-state index contributed by atoms with van der Waals surface area (Å²) in [5.74, 6) is 0.606. The molecule has 0 saturated carbocycles. The van der Waals surface area contributed by atoms with Crippen LogP contribution < -0.4 is 34.3 Å². The number of hydrogen-bond donors (Lipinski definition) is 0. The Morgan fingerprint density at radius 3 is 2.41 bits per heavy atom. The van der Waals surface area contributed by atoms with Crippen LogP contribution in [0.1, 0.15) is 20.3 Å². The van der Waals surface area contributed by atoms with Crippen molar-refractivity contribution in [2.75, 3.05) is 6.61 Å². The van der Waals surface area contributed by atoms with Gasteiger partial charge in [0, 0.05) is 0 Å². The van der Waals surface area contributed by atoms with Crippen LogP contribution >= 0.6 is 0 Å². The van der Waals surface area contributed by atoms with Crippen molar-refractivity contribution in [3.63, 3.8) is 0 Å². The van der Waals surface area contributed by atoms with E-state index in [-0.39, 0.29) is 40.2 Å². The van der Waals surface area contributed by atoms with Crippen molar-refractivity contribution in [3.05, 3.63) is 24.3 Å². The Labute approximate surface area is 124 Å². The molecule has 0 atom stereocenters. The van der Waals surface area contributed by atoms with Gasteiger partial charge in [0.2, 0.25) is 0 Å². The second-order valence-corrected chi connectivity index (χ2v) is 5.28. The van der Waals surface area contributed by atoms with Crippen molar-refractivity contribution in [3.8, 4) is 5.75 Å². The van der Waals surface area contributed by atoms with Gasteiger partial charge in [0.1, 0.15) is 15.9 Å². The molecule has 0 aliphatic rings. The third-order valence-corrected chi connectivity index (χ3v) is 2.95. The first-order valence-corrected chi connectivity index (χ1v) is 6.50. The van der Waals surface area contributed by atoms with Crippen molar-refractivity contribution >= 4 is 10.1 Å². The first kappa shape index (κ1) is 16.9. The summed E-state index contributed by atoms with van der Waals surface area (Å²) >= 11 is 0. The first-order valence-electron chi connectivity index (χ1n) is 5.09. The second-order valence-electron chi connectivity index (χ2n) is 3.93. The van der Waals surface area contributed by atoms with Crippen molar-refractivity contribution < 1.29 is 47.3 Å². The molecule has 0 saturated heterocycles. The Morgan fingerprint density at radius 2 is 1.88 bits per heavy atom. The zero-order valence-corrected chi connectivity index (χ0v) is 13.2. The van der Waals surface area contributed by atoms with Gasteiger partial charge in [-0.15, -0.1) is 0 Å². The maximum absolute atomic E-state index is 10.9. The molecular weight excluding hydrogens is 251 g/mol. The minimum atomic E-state index is -4.46. The molecule has 0 aromatic heterocycles. The van der Waals surface area contributed by atoms with E-state index in [0.29, 0.717) is 12.5 Å². The van der Waals surface area contributed by atoms with Crippen LogP contribution in [0.15, 0.2) is 29.2 Å². The number of benzene rings is 1. The number of para-hydroxylation sites is 1. The van der Waals surface area contributed by atoms with E-state index < -0.39 is 10.1 Å².